The summed E-state index contributed by atoms with van der Waals surface area (Å²) in [7, 11) is 0. The molecule has 1 aliphatic heterocycles. The Labute approximate surface area is 142 Å². The molecule has 2 N–H and O–H groups in total. The summed E-state index contributed by atoms with van der Waals surface area (Å²) >= 11 is 0. The smallest absolute Gasteiger partial charge is 0.319 e. The van der Waals surface area contributed by atoms with E-state index < -0.39 is 0 Å². The van der Waals surface area contributed by atoms with Gasteiger partial charge >= 0.3 is 6.03 Å². The minimum atomic E-state index is -0.197. The Balaban J connectivity index is 1.62. The lowest BCUT2D eigenvalue weighted by Crippen LogP contribution is -2.37. The normalized spacial score (nSPS) is 14.3. The van der Waals surface area contributed by atoms with Crippen LogP contribution in [0.25, 0.3) is 0 Å². The lowest BCUT2D eigenvalue weighted by atomic mass is 10.1. The SMILES string of the molecule is Cc1cccc(CNC(=O)Nc2ccccc2N2CCOCC2)c1. The van der Waals surface area contributed by atoms with Gasteiger partial charge < -0.3 is 20.3 Å². The summed E-state index contributed by atoms with van der Waals surface area (Å²) in [6, 6.07) is 15.8. The van der Waals surface area contributed by atoms with E-state index in [1.807, 2.05) is 49.4 Å². The number of ether oxygens (including phenoxy) is 1. The summed E-state index contributed by atoms with van der Waals surface area (Å²) in [4.78, 5) is 14.5. The summed E-state index contributed by atoms with van der Waals surface area (Å²) in [5.41, 5.74) is 4.13. The van der Waals surface area contributed by atoms with Crippen molar-refractivity contribution in [3.8, 4) is 0 Å². The number of morpholine rings is 1. The quantitative estimate of drug-likeness (QED) is 0.908. The van der Waals surface area contributed by atoms with Gasteiger partial charge in [-0.25, -0.2) is 4.79 Å². The summed E-state index contributed by atoms with van der Waals surface area (Å²) in [5, 5.41) is 5.87. The molecule has 1 fully saturated rings. The van der Waals surface area contributed by atoms with Crippen LogP contribution in [0.2, 0.25) is 0 Å². The predicted molar refractivity (Wildman–Crippen MR) is 96.5 cm³/mol. The van der Waals surface area contributed by atoms with E-state index in [-0.39, 0.29) is 6.03 Å². The van der Waals surface area contributed by atoms with Gasteiger partial charge in [0.15, 0.2) is 0 Å². The highest BCUT2D eigenvalue weighted by Crippen LogP contribution is 2.26. The maximum atomic E-state index is 12.2. The molecule has 1 saturated heterocycles. The molecule has 2 amide bonds. The molecule has 2 aromatic carbocycles. The lowest BCUT2D eigenvalue weighted by molar-refractivity contribution is 0.123. The number of hydrogen-bond acceptors (Lipinski definition) is 3. The maximum absolute atomic E-state index is 12.2. The fourth-order valence-corrected chi connectivity index (χ4v) is 2.83. The van der Waals surface area contributed by atoms with Crippen LogP contribution in [0, 0.1) is 6.92 Å². The van der Waals surface area contributed by atoms with E-state index in [1.165, 1.54) is 5.56 Å². The maximum Gasteiger partial charge on any atom is 0.319 e. The zero-order valence-corrected chi connectivity index (χ0v) is 13.9. The number of anilines is 2. The van der Waals surface area contributed by atoms with Gasteiger partial charge in [-0.05, 0) is 24.6 Å². The fraction of sp³-hybridized carbons (Fsp3) is 0.316. The van der Waals surface area contributed by atoms with Crippen molar-refractivity contribution < 1.29 is 9.53 Å². The Morgan fingerprint density at radius 2 is 1.92 bits per heavy atom. The molecule has 0 atom stereocenters. The van der Waals surface area contributed by atoms with Gasteiger partial charge in [0.1, 0.15) is 0 Å². The zero-order valence-electron chi connectivity index (χ0n) is 13.9. The van der Waals surface area contributed by atoms with Crippen molar-refractivity contribution in [3.63, 3.8) is 0 Å². The molecule has 0 unspecified atom stereocenters. The Bertz CT molecular complexity index is 697. The third-order valence-electron chi connectivity index (χ3n) is 4.04. The second kappa shape index (κ2) is 7.84. The second-order valence-electron chi connectivity index (χ2n) is 5.91. The molecule has 1 heterocycles. The van der Waals surface area contributed by atoms with Crippen molar-refractivity contribution in [2.24, 2.45) is 0 Å². The topological polar surface area (TPSA) is 53.6 Å². The lowest BCUT2D eigenvalue weighted by Gasteiger charge is -2.30. The van der Waals surface area contributed by atoms with Crippen molar-refractivity contribution in [2.45, 2.75) is 13.5 Å². The first kappa shape index (κ1) is 16.3. The van der Waals surface area contributed by atoms with E-state index in [0.29, 0.717) is 19.8 Å². The summed E-state index contributed by atoms with van der Waals surface area (Å²) in [5.74, 6) is 0. The van der Waals surface area contributed by atoms with E-state index in [1.54, 1.807) is 0 Å². The first-order valence-corrected chi connectivity index (χ1v) is 8.24. The van der Waals surface area contributed by atoms with Crippen LogP contribution in [0.1, 0.15) is 11.1 Å². The van der Waals surface area contributed by atoms with Crippen LogP contribution in [-0.4, -0.2) is 32.3 Å². The van der Waals surface area contributed by atoms with Crippen LogP contribution < -0.4 is 15.5 Å². The molecule has 0 bridgehead atoms. The number of carbonyl (C=O) groups excluding carboxylic acids is 1. The Morgan fingerprint density at radius 1 is 1.12 bits per heavy atom. The van der Waals surface area contributed by atoms with Crippen molar-refractivity contribution in [2.75, 3.05) is 36.5 Å². The Morgan fingerprint density at radius 3 is 2.71 bits per heavy atom. The standard InChI is InChI=1S/C19H23N3O2/c1-15-5-4-6-16(13-15)14-20-19(23)21-17-7-2-3-8-18(17)22-9-11-24-12-10-22/h2-8,13H,9-12,14H2,1H3,(H2,20,21,23). The van der Waals surface area contributed by atoms with E-state index >= 15 is 0 Å². The second-order valence-corrected chi connectivity index (χ2v) is 5.91. The molecule has 2 aromatic rings. The largest absolute Gasteiger partial charge is 0.378 e. The minimum Gasteiger partial charge on any atom is -0.378 e. The molecule has 24 heavy (non-hydrogen) atoms. The molecule has 0 aromatic heterocycles. The molecular weight excluding hydrogens is 302 g/mol. The molecule has 5 nitrogen and oxygen atoms in total. The van der Waals surface area contributed by atoms with Gasteiger partial charge in [0.2, 0.25) is 0 Å². The van der Waals surface area contributed by atoms with Crippen LogP contribution in [0.3, 0.4) is 0 Å². The molecule has 3 rings (SSSR count). The number of rotatable bonds is 4. The van der Waals surface area contributed by atoms with Crippen LogP contribution >= 0.6 is 0 Å². The molecule has 126 valence electrons. The van der Waals surface area contributed by atoms with Crippen LogP contribution in [0.15, 0.2) is 48.5 Å². The first-order valence-electron chi connectivity index (χ1n) is 8.24. The van der Waals surface area contributed by atoms with Gasteiger partial charge in [0, 0.05) is 19.6 Å². The Hall–Kier alpha value is -2.53. The van der Waals surface area contributed by atoms with Gasteiger partial charge in [-0.2, -0.15) is 0 Å². The first-order chi connectivity index (χ1) is 11.7. The molecule has 0 saturated carbocycles. The monoisotopic (exact) mass is 325 g/mol. The van der Waals surface area contributed by atoms with Gasteiger partial charge in [0.05, 0.1) is 24.6 Å². The molecule has 5 heteroatoms. The average Bonchev–Trinajstić information content (AvgIpc) is 2.61. The predicted octanol–water partition coefficient (Wildman–Crippen LogP) is 3.15. The van der Waals surface area contributed by atoms with Gasteiger partial charge in [-0.15, -0.1) is 0 Å². The highest BCUT2D eigenvalue weighted by molar-refractivity contribution is 5.93. The number of amides is 2. The summed E-state index contributed by atoms with van der Waals surface area (Å²) in [6.45, 7) is 5.66. The van der Waals surface area contributed by atoms with Crippen molar-refractivity contribution >= 4 is 17.4 Å². The minimum absolute atomic E-state index is 0.197. The molecule has 1 aliphatic rings. The van der Waals surface area contributed by atoms with E-state index in [4.69, 9.17) is 4.74 Å². The van der Waals surface area contributed by atoms with Crippen molar-refractivity contribution in [3.05, 3.63) is 59.7 Å². The third-order valence-corrected chi connectivity index (χ3v) is 4.04. The number of nitrogens with one attached hydrogen (secondary N) is 2. The highest BCUT2D eigenvalue weighted by Gasteiger charge is 2.15. The number of nitrogens with zero attached hydrogens (tertiary/aromatic N) is 1. The summed E-state index contributed by atoms with van der Waals surface area (Å²) < 4.78 is 5.40. The van der Waals surface area contributed by atoms with Gasteiger partial charge in [-0.3, -0.25) is 0 Å². The van der Waals surface area contributed by atoms with Gasteiger partial charge in [0.25, 0.3) is 0 Å². The summed E-state index contributed by atoms with van der Waals surface area (Å²) in [6.07, 6.45) is 0. The average molecular weight is 325 g/mol. The van der Waals surface area contributed by atoms with Crippen LogP contribution in [0.4, 0.5) is 16.2 Å². The number of hydrogen-bond donors (Lipinski definition) is 2. The molecule has 0 radical (unpaired) electrons. The van der Waals surface area contributed by atoms with E-state index in [0.717, 1.165) is 30.0 Å². The van der Waals surface area contributed by atoms with Gasteiger partial charge in [-0.1, -0.05) is 42.0 Å². The number of urea groups is 1. The highest BCUT2D eigenvalue weighted by atomic mass is 16.5. The van der Waals surface area contributed by atoms with E-state index in [2.05, 4.69) is 21.6 Å². The fourth-order valence-electron chi connectivity index (χ4n) is 2.83. The molecule has 0 aliphatic carbocycles. The Kier molecular flexibility index (Phi) is 5.33. The number of aryl methyl sites for hydroxylation is 1. The third kappa shape index (κ3) is 4.26. The van der Waals surface area contributed by atoms with E-state index in [9.17, 15) is 4.79 Å². The van der Waals surface area contributed by atoms with Crippen LogP contribution in [0.5, 0.6) is 0 Å². The molecule has 0 spiro atoms. The van der Waals surface area contributed by atoms with Crippen molar-refractivity contribution in [1.82, 2.24) is 5.32 Å². The molecular formula is C19H23N3O2. The number of benzene rings is 2. The van der Waals surface area contributed by atoms with Crippen molar-refractivity contribution in [1.29, 1.82) is 0 Å². The zero-order chi connectivity index (χ0) is 16.8. The van der Waals surface area contributed by atoms with Crippen LogP contribution in [-0.2, 0) is 11.3 Å². The number of para-hydroxylation sites is 2. The number of carbonyl (C=O) groups is 1.